The molecular weight excluding hydrogens is 470 g/mol. The van der Waals surface area contributed by atoms with Gasteiger partial charge in [0, 0.05) is 12.8 Å². The molecule has 0 radical (unpaired) electrons. The minimum Gasteiger partial charge on any atom is -0.497 e. The Kier molecular flexibility index (Phi) is 10.8. The summed E-state index contributed by atoms with van der Waals surface area (Å²) in [7, 11) is 1.57. The lowest BCUT2D eigenvalue weighted by atomic mass is 9.80. The van der Waals surface area contributed by atoms with Crippen LogP contribution in [-0.4, -0.2) is 35.1 Å². The van der Waals surface area contributed by atoms with E-state index in [9.17, 15) is 19.5 Å². The number of hydrogen-bond donors (Lipinski definition) is 1. The molecule has 7 nitrogen and oxygen atoms in total. The zero-order valence-corrected chi connectivity index (χ0v) is 21.6. The Balaban J connectivity index is 0.000000898. The van der Waals surface area contributed by atoms with E-state index in [1.807, 2.05) is 51.1 Å². The van der Waals surface area contributed by atoms with Gasteiger partial charge in [0.1, 0.15) is 11.4 Å². The van der Waals surface area contributed by atoms with Crippen molar-refractivity contribution in [2.75, 3.05) is 7.11 Å². The van der Waals surface area contributed by atoms with Gasteiger partial charge in [0.05, 0.1) is 12.7 Å². The third kappa shape index (κ3) is 6.71. The fourth-order valence-corrected chi connectivity index (χ4v) is 3.65. The predicted molar refractivity (Wildman–Crippen MR) is 142 cm³/mol. The fraction of sp³-hybridized carbons (Fsp3) is 0.233. The molecule has 0 saturated carbocycles. The molecule has 7 heteroatoms. The zero-order valence-electron chi connectivity index (χ0n) is 21.6. The molecule has 0 aliphatic carbocycles. The number of hydroxylamine groups is 2. The van der Waals surface area contributed by atoms with Gasteiger partial charge in [-0.3, -0.25) is 9.59 Å². The number of ether oxygens (including phenoxy) is 1. The van der Waals surface area contributed by atoms with Gasteiger partial charge in [-0.25, -0.2) is 4.79 Å². The summed E-state index contributed by atoms with van der Waals surface area (Å²) in [5.41, 5.74) is 0.448. The minimum absolute atomic E-state index is 0.0248. The van der Waals surface area contributed by atoms with E-state index < -0.39 is 23.4 Å². The Morgan fingerprint density at radius 1 is 0.865 bits per heavy atom. The van der Waals surface area contributed by atoms with Crippen LogP contribution >= 0.6 is 0 Å². The van der Waals surface area contributed by atoms with E-state index in [-0.39, 0.29) is 18.4 Å². The number of hydrogen-bond acceptors (Lipinski definition) is 6. The van der Waals surface area contributed by atoms with E-state index in [1.165, 1.54) is 12.1 Å². The smallest absolute Gasteiger partial charge is 0.363 e. The quantitative estimate of drug-likeness (QED) is 0.274. The molecule has 3 aromatic rings. The second kappa shape index (κ2) is 13.8. The van der Waals surface area contributed by atoms with E-state index >= 15 is 0 Å². The van der Waals surface area contributed by atoms with Crippen molar-refractivity contribution in [3.8, 4) is 5.75 Å². The van der Waals surface area contributed by atoms with Crippen molar-refractivity contribution in [3.05, 3.63) is 114 Å². The van der Waals surface area contributed by atoms with Gasteiger partial charge in [-0.15, -0.1) is 11.6 Å². The van der Waals surface area contributed by atoms with Crippen molar-refractivity contribution >= 4 is 17.8 Å². The number of methoxy groups -OCH3 is 1. The Labute approximate surface area is 217 Å². The molecule has 194 valence electrons. The monoisotopic (exact) mass is 503 g/mol. The summed E-state index contributed by atoms with van der Waals surface area (Å²) in [5.74, 6) is -1.25. The molecule has 1 unspecified atom stereocenters. The second-order valence-electron chi connectivity index (χ2n) is 7.75. The van der Waals surface area contributed by atoms with Gasteiger partial charge in [0.2, 0.25) is 0 Å². The molecule has 1 aliphatic heterocycles. The summed E-state index contributed by atoms with van der Waals surface area (Å²) in [4.78, 5) is 40.7. The first-order chi connectivity index (χ1) is 17.8. The van der Waals surface area contributed by atoms with E-state index in [0.717, 1.165) is 0 Å². The predicted octanol–water partition coefficient (Wildman–Crippen LogP) is 5.42. The SMILES string of the molecule is C=CC.CC.COc1ccc(C(O)(c2ccccc2)c2ccc(C(=O)ON3C(=O)CCC3=O)cc2)cc1. The second-order valence-corrected chi connectivity index (χ2v) is 7.75. The standard InChI is InChI=1S/C25H21NO6.C3H6.C2H6/c1-31-21-13-11-20(12-14-21)25(30,18-5-3-2-4-6-18)19-9-7-17(8-10-19)24(29)32-26-22(27)15-16-23(26)28;1-3-2;1-2/h2-14,30H,15-16H2,1H3;3H,1H2,2H3;1-2H3. The van der Waals surface area contributed by atoms with Crippen LogP contribution in [0.25, 0.3) is 0 Å². The average Bonchev–Trinajstić information content (AvgIpc) is 3.27. The third-order valence-electron chi connectivity index (χ3n) is 5.42. The number of rotatable bonds is 6. The van der Waals surface area contributed by atoms with Crippen LogP contribution in [0.15, 0.2) is 91.5 Å². The molecule has 1 fully saturated rings. The zero-order chi connectivity index (χ0) is 27.4. The van der Waals surface area contributed by atoms with Gasteiger partial charge in [-0.05, 0) is 47.9 Å². The van der Waals surface area contributed by atoms with Crippen LogP contribution in [0.2, 0.25) is 0 Å². The van der Waals surface area contributed by atoms with Crippen LogP contribution < -0.4 is 4.74 Å². The maximum absolute atomic E-state index is 12.4. The number of nitrogens with zero attached hydrogens (tertiary/aromatic N) is 1. The first-order valence-electron chi connectivity index (χ1n) is 12.0. The van der Waals surface area contributed by atoms with Crippen LogP contribution in [0, 0.1) is 0 Å². The maximum Gasteiger partial charge on any atom is 0.363 e. The molecule has 1 atom stereocenters. The molecule has 0 spiro atoms. The average molecular weight is 504 g/mol. The summed E-state index contributed by atoms with van der Waals surface area (Å²) in [6.07, 6.45) is 1.80. The minimum atomic E-state index is -1.49. The summed E-state index contributed by atoms with van der Waals surface area (Å²) >= 11 is 0. The van der Waals surface area contributed by atoms with E-state index in [2.05, 4.69) is 6.58 Å². The Morgan fingerprint density at radius 2 is 1.30 bits per heavy atom. The Hall–Kier alpha value is -4.23. The number of aliphatic hydroxyl groups is 1. The number of allylic oxidation sites excluding steroid dienone is 1. The summed E-state index contributed by atoms with van der Waals surface area (Å²) < 4.78 is 5.22. The highest BCUT2D eigenvalue weighted by Gasteiger charge is 2.35. The highest BCUT2D eigenvalue weighted by Crippen LogP contribution is 2.37. The Morgan fingerprint density at radius 3 is 1.76 bits per heavy atom. The highest BCUT2D eigenvalue weighted by molar-refractivity contribution is 6.02. The lowest BCUT2D eigenvalue weighted by Gasteiger charge is -2.30. The number of carbonyl (C=O) groups is 3. The first-order valence-corrected chi connectivity index (χ1v) is 12.0. The van der Waals surface area contributed by atoms with Gasteiger partial charge in [-0.2, -0.15) is 0 Å². The molecule has 37 heavy (non-hydrogen) atoms. The lowest BCUT2D eigenvalue weighted by Crippen LogP contribution is -2.32. The van der Waals surface area contributed by atoms with Crippen molar-refractivity contribution < 1.29 is 29.1 Å². The summed E-state index contributed by atoms with van der Waals surface area (Å²) in [5, 5.41) is 12.4. The molecule has 1 N–H and O–H groups in total. The first kappa shape index (κ1) is 29.0. The molecule has 3 aromatic carbocycles. The fourth-order valence-electron chi connectivity index (χ4n) is 3.65. The number of imide groups is 1. The molecular formula is C30H33NO6. The van der Waals surface area contributed by atoms with E-state index in [0.29, 0.717) is 27.5 Å². The number of amides is 2. The van der Waals surface area contributed by atoms with Gasteiger partial charge in [0.25, 0.3) is 11.8 Å². The lowest BCUT2D eigenvalue weighted by molar-refractivity contribution is -0.172. The molecule has 0 bridgehead atoms. The van der Waals surface area contributed by atoms with E-state index in [1.54, 1.807) is 49.6 Å². The van der Waals surface area contributed by atoms with Gasteiger partial charge >= 0.3 is 5.97 Å². The van der Waals surface area contributed by atoms with Gasteiger partial charge in [0.15, 0.2) is 0 Å². The highest BCUT2D eigenvalue weighted by atomic mass is 16.7. The van der Waals surface area contributed by atoms with Crippen LogP contribution in [0.1, 0.15) is 60.7 Å². The maximum atomic E-state index is 12.4. The molecule has 1 aliphatic rings. The van der Waals surface area contributed by atoms with Crippen LogP contribution in [-0.2, 0) is 20.0 Å². The third-order valence-corrected chi connectivity index (χ3v) is 5.42. The number of carbonyl (C=O) groups excluding carboxylic acids is 3. The normalized spacial score (nSPS) is 13.8. The van der Waals surface area contributed by atoms with Crippen LogP contribution in [0.4, 0.5) is 0 Å². The van der Waals surface area contributed by atoms with Crippen LogP contribution in [0.3, 0.4) is 0 Å². The van der Waals surface area contributed by atoms with Crippen LogP contribution in [0.5, 0.6) is 5.75 Å². The van der Waals surface area contributed by atoms with Crippen molar-refractivity contribution in [1.29, 1.82) is 0 Å². The van der Waals surface area contributed by atoms with Crippen molar-refractivity contribution in [3.63, 3.8) is 0 Å². The molecule has 2 amide bonds. The summed E-state index contributed by atoms with van der Waals surface area (Å²) in [6, 6.07) is 22.4. The topological polar surface area (TPSA) is 93.1 Å². The summed E-state index contributed by atoms with van der Waals surface area (Å²) in [6.45, 7) is 9.25. The van der Waals surface area contributed by atoms with E-state index in [4.69, 9.17) is 9.57 Å². The van der Waals surface area contributed by atoms with Crippen molar-refractivity contribution in [2.45, 2.75) is 39.2 Å². The van der Waals surface area contributed by atoms with Crippen molar-refractivity contribution in [1.82, 2.24) is 5.06 Å². The van der Waals surface area contributed by atoms with Gasteiger partial charge in [-0.1, -0.05) is 74.5 Å². The largest absolute Gasteiger partial charge is 0.497 e. The Bertz CT molecular complexity index is 1170. The molecule has 0 aromatic heterocycles. The van der Waals surface area contributed by atoms with Crippen molar-refractivity contribution in [2.24, 2.45) is 0 Å². The molecule has 1 saturated heterocycles. The molecule has 1 heterocycles. The van der Waals surface area contributed by atoms with Gasteiger partial charge < -0.3 is 14.7 Å². The number of benzene rings is 3. The molecule has 4 rings (SSSR count).